The lowest BCUT2D eigenvalue weighted by Gasteiger charge is -2.08. The lowest BCUT2D eigenvalue weighted by atomic mass is 10.5. The first-order valence-electron chi connectivity index (χ1n) is 10.4. The molecule has 0 atom stereocenters. The Kier molecular flexibility index (Phi) is 30.8. The zero-order valence-electron chi connectivity index (χ0n) is 18.9. The van der Waals surface area contributed by atoms with Gasteiger partial charge in [-0.2, -0.15) is 0 Å². The highest BCUT2D eigenvalue weighted by Crippen LogP contribution is 1.85. The monoisotopic (exact) mass is 486 g/mol. The molecule has 33 heavy (non-hydrogen) atoms. The Hall–Kier alpha value is -1.68. The van der Waals surface area contributed by atoms with Crippen LogP contribution in [0.5, 0.6) is 0 Å². The van der Waals surface area contributed by atoms with E-state index in [1.165, 1.54) is 0 Å². The second-order valence-electron chi connectivity index (χ2n) is 5.74. The normalized spacial score (nSPS) is 10.8. The maximum atomic E-state index is 9.55. The highest BCUT2D eigenvalue weighted by atomic mass is 16.6. The van der Waals surface area contributed by atoms with E-state index in [4.69, 9.17) is 53.6 Å². The number of carbonyl (C=O) groups is 2. The van der Waals surface area contributed by atoms with Crippen LogP contribution < -0.4 is 0 Å². The molecular weight excluding hydrogens is 448 g/mol. The number of ether oxygens (including phenoxy) is 7. The smallest absolute Gasteiger partial charge is 0.328 e. The Balaban J connectivity index is 0. The third kappa shape index (κ3) is 37.9. The van der Waals surface area contributed by atoms with Gasteiger partial charge in [0.1, 0.15) is 0 Å². The van der Waals surface area contributed by atoms with Gasteiger partial charge >= 0.3 is 11.9 Å². The standard InChI is InChI=1S/C16H34O9.C4H4O4/c17-1-3-19-5-7-21-9-11-23-13-15-25-16-14-24-12-10-22-8-6-20-4-2-18;5-3(6)1-2-4(7)8/h17-18H,1-16H2;1-2H,(H,5,6)(H,7,8). The van der Waals surface area contributed by atoms with Crippen molar-refractivity contribution in [2.45, 2.75) is 0 Å². The van der Waals surface area contributed by atoms with Crippen LogP contribution in [0, 0.1) is 0 Å². The minimum atomic E-state index is -1.26. The molecule has 0 aromatic carbocycles. The van der Waals surface area contributed by atoms with Gasteiger partial charge in [-0.15, -0.1) is 0 Å². The summed E-state index contributed by atoms with van der Waals surface area (Å²) in [6, 6.07) is 0. The van der Waals surface area contributed by atoms with Gasteiger partial charge in [0, 0.05) is 12.2 Å². The Morgan fingerprint density at radius 1 is 0.424 bits per heavy atom. The number of aliphatic hydroxyl groups excluding tert-OH is 2. The zero-order chi connectivity index (χ0) is 24.8. The molecule has 0 amide bonds. The molecular formula is C20H38O13. The molecule has 0 heterocycles. The largest absolute Gasteiger partial charge is 0.478 e. The Labute approximate surface area is 193 Å². The summed E-state index contributed by atoms with van der Waals surface area (Å²) in [6.07, 6.45) is 1.12. The summed E-state index contributed by atoms with van der Waals surface area (Å²) >= 11 is 0. The van der Waals surface area contributed by atoms with Gasteiger partial charge in [-0.25, -0.2) is 9.59 Å². The predicted molar refractivity (Wildman–Crippen MR) is 114 cm³/mol. The Bertz CT molecular complexity index is 408. The maximum absolute atomic E-state index is 9.55. The van der Waals surface area contributed by atoms with Crippen LogP contribution in [0.25, 0.3) is 0 Å². The van der Waals surface area contributed by atoms with Crippen molar-refractivity contribution in [1.82, 2.24) is 0 Å². The van der Waals surface area contributed by atoms with E-state index in [-0.39, 0.29) is 13.2 Å². The summed E-state index contributed by atoms with van der Waals surface area (Å²) in [5, 5.41) is 32.6. The van der Waals surface area contributed by atoms with Gasteiger partial charge in [0.15, 0.2) is 0 Å². The van der Waals surface area contributed by atoms with Crippen LogP contribution in [0.1, 0.15) is 0 Å². The van der Waals surface area contributed by atoms with Gasteiger partial charge in [0.05, 0.1) is 106 Å². The van der Waals surface area contributed by atoms with Crippen molar-refractivity contribution in [2.24, 2.45) is 0 Å². The topological polar surface area (TPSA) is 180 Å². The van der Waals surface area contributed by atoms with Crippen molar-refractivity contribution < 1.29 is 63.2 Å². The minimum absolute atomic E-state index is 0.0312. The second-order valence-corrected chi connectivity index (χ2v) is 5.74. The molecule has 0 spiro atoms. The van der Waals surface area contributed by atoms with E-state index in [1.54, 1.807) is 0 Å². The van der Waals surface area contributed by atoms with Gasteiger partial charge in [0.25, 0.3) is 0 Å². The van der Waals surface area contributed by atoms with E-state index in [0.29, 0.717) is 105 Å². The summed E-state index contributed by atoms with van der Waals surface area (Å²) in [5.74, 6) is -2.51. The SMILES string of the molecule is O=C(O)C=CC(=O)O.OCCOCCOCCOCCOCCOCCOCCOCCO. The first-order valence-corrected chi connectivity index (χ1v) is 10.4. The van der Waals surface area contributed by atoms with Gasteiger partial charge in [-0.1, -0.05) is 0 Å². The number of carboxylic acid groups (broad SMARTS) is 2. The molecule has 0 saturated carbocycles. The van der Waals surface area contributed by atoms with Crippen LogP contribution in [0.4, 0.5) is 0 Å². The van der Waals surface area contributed by atoms with E-state index in [0.717, 1.165) is 0 Å². The van der Waals surface area contributed by atoms with Crippen LogP contribution in [-0.2, 0) is 42.7 Å². The molecule has 0 aliphatic carbocycles. The average molecular weight is 487 g/mol. The fourth-order valence-corrected chi connectivity index (χ4v) is 1.69. The molecule has 0 aromatic heterocycles. The van der Waals surface area contributed by atoms with Crippen molar-refractivity contribution in [3.8, 4) is 0 Å². The van der Waals surface area contributed by atoms with Crippen molar-refractivity contribution >= 4 is 11.9 Å². The summed E-state index contributed by atoms with van der Waals surface area (Å²) in [5.41, 5.74) is 0. The van der Waals surface area contributed by atoms with Crippen LogP contribution in [0.15, 0.2) is 12.2 Å². The second kappa shape index (κ2) is 30.3. The molecule has 0 unspecified atom stereocenters. The highest BCUT2D eigenvalue weighted by Gasteiger charge is 1.94. The van der Waals surface area contributed by atoms with Gasteiger partial charge in [0.2, 0.25) is 0 Å². The molecule has 0 bridgehead atoms. The molecule has 0 aliphatic rings. The average Bonchev–Trinajstić information content (AvgIpc) is 2.79. The minimum Gasteiger partial charge on any atom is -0.478 e. The summed E-state index contributed by atoms with van der Waals surface area (Å²) < 4.78 is 36.7. The Morgan fingerprint density at radius 3 is 0.758 bits per heavy atom. The summed E-state index contributed by atoms with van der Waals surface area (Å²) in [7, 11) is 0. The number of hydrogen-bond donors (Lipinski definition) is 4. The fraction of sp³-hybridized carbons (Fsp3) is 0.800. The first kappa shape index (κ1) is 33.5. The maximum Gasteiger partial charge on any atom is 0.328 e. The molecule has 4 N–H and O–H groups in total. The quantitative estimate of drug-likeness (QED) is 0.0944. The van der Waals surface area contributed by atoms with Crippen LogP contribution in [0.3, 0.4) is 0 Å². The molecule has 0 saturated heterocycles. The molecule has 13 heteroatoms. The number of aliphatic hydroxyl groups is 2. The number of aliphatic carboxylic acids is 2. The molecule has 0 rings (SSSR count). The number of hydrogen-bond acceptors (Lipinski definition) is 11. The van der Waals surface area contributed by atoms with E-state index >= 15 is 0 Å². The van der Waals surface area contributed by atoms with Crippen molar-refractivity contribution in [3.05, 3.63) is 12.2 Å². The first-order chi connectivity index (χ1) is 16.0. The van der Waals surface area contributed by atoms with Crippen molar-refractivity contribution in [2.75, 3.05) is 106 Å². The lowest BCUT2D eigenvalue weighted by Crippen LogP contribution is -2.14. The van der Waals surface area contributed by atoms with Crippen LogP contribution in [-0.4, -0.2) is 138 Å². The molecule has 196 valence electrons. The lowest BCUT2D eigenvalue weighted by molar-refractivity contribution is -0.134. The van der Waals surface area contributed by atoms with Crippen LogP contribution in [0.2, 0.25) is 0 Å². The summed E-state index contributed by atoms with van der Waals surface area (Å²) in [6.45, 7) is 6.80. The number of carboxylic acids is 2. The van der Waals surface area contributed by atoms with Crippen LogP contribution >= 0.6 is 0 Å². The van der Waals surface area contributed by atoms with Crippen molar-refractivity contribution in [1.29, 1.82) is 0 Å². The van der Waals surface area contributed by atoms with Gasteiger partial charge in [-0.3, -0.25) is 0 Å². The molecule has 0 radical (unpaired) electrons. The Morgan fingerprint density at radius 2 is 0.606 bits per heavy atom. The third-order valence-corrected chi connectivity index (χ3v) is 3.07. The summed E-state index contributed by atoms with van der Waals surface area (Å²) in [4.78, 5) is 19.1. The highest BCUT2D eigenvalue weighted by molar-refractivity contribution is 5.89. The number of rotatable bonds is 24. The van der Waals surface area contributed by atoms with E-state index in [9.17, 15) is 9.59 Å². The van der Waals surface area contributed by atoms with E-state index < -0.39 is 11.9 Å². The molecule has 0 fully saturated rings. The van der Waals surface area contributed by atoms with Gasteiger partial charge < -0.3 is 53.6 Å². The van der Waals surface area contributed by atoms with Gasteiger partial charge in [-0.05, 0) is 0 Å². The molecule has 0 aliphatic heterocycles. The van der Waals surface area contributed by atoms with E-state index in [2.05, 4.69) is 0 Å². The fourth-order valence-electron chi connectivity index (χ4n) is 1.69. The molecule has 0 aromatic rings. The predicted octanol–water partition coefficient (Wildman–Crippen LogP) is -1.20. The van der Waals surface area contributed by atoms with E-state index in [1.807, 2.05) is 0 Å². The zero-order valence-corrected chi connectivity index (χ0v) is 18.9. The van der Waals surface area contributed by atoms with Crippen molar-refractivity contribution in [3.63, 3.8) is 0 Å². The molecule has 13 nitrogen and oxygen atoms in total. The third-order valence-electron chi connectivity index (χ3n) is 3.07.